The number of halogens is 2. The van der Waals surface area contributed by atoms with Gasteiger partial charge in [-0.2, -0.15) is 0 Å². The maximum Gasteiger partial charge on any atom is 0.341 e. The number of methoxy groups -OCH3 is 1. The number of fused-ring (bicyclic) bond motifs is 1. The molecule has 0 unspecified atom stereocenters. The van der Waals surface area contributed by atoms with Crippen LogP contribution in [0.25, 0.3) is 0 Å². The zero-order valence-electron chi connectivity index (χ0n) is 14.9. The smallest absolute Gasteiger partial charge is 0.341 e. The molecule has 27 heavy (non-hydrogen) atoms. The lowest BCUT2D eigenvalue weighted by Crippen LogP contribution is -2.21. The van der Waals surface area contributed by atoms with Crippen LogP contribution in [0.2, 0.25) is 0 Å². The van der Waals surface area contributed by atoms with E-state index in [-0.39, 0.29) is 12.5 Å². The summed E-state index contributed by atoms with van der Waals surface area (Å²) in [4.78, 5) is 25.8. The summed E-state index contributed by atoms with van der Waals surface area (Å²) in [6, 6.07) is 5.45. The molecule has 1 heterocycles. The molecule has 1 N–H and O–H groups in total. The molecule has 1 aliphatic rings. The molecule has 144 valence electrons. The first kappa shape index (κ1) is 20.4. The van der Waals surface area contributed by atoms with E-state index in [2.05, 4.69) is 44.1 Å². The Morgan fingerprint density at radius 2 is 2.11 bits per heavy atom. The number of benzene rings is 1. The van der Waals surface area contributed by atoms with Crippen molar-refractivity contribution in [1.29, 1.82) is 0 Å². The minimum absolute atomic E-state index is 0.153. The average molecular weight is 517 g/mol. The van der Waals surface area contributed by atoms with E-state index in [1.807, 2.05) is 12.1 Å². The number of hydrogen-bond acceptors (Lipinski definition) is 5. The molecule has 1 amide bonds. The Morgan fingerprint density at radius 3 is 2.81 bits per heavy atom. The number of carbonyl (C=O) groups is 2. The summed E-state index contributed by atoms with van der Waals surface area (Å²) in [7, 11) is 1.36. The average Bonchev–Trinajstić information content (AvgIpc) is 2.97. The predicted molar refractivity (Wildman–Crippen MR) is 113 cm³/mol. The molecular formula is C19H19Br2NO4S. The Labute approximate surface area is 178 Å². The van der Waals surface area contributed by atoms with Crippen LogP contribution in [0.15, 0.2) is 27.1 Å². The fourth-order valence-corrected chi connectivity index (χ4v) is 5.63. The van der Waals surface area contributed by atoms with E-state index in [1.165, 1.54) is 18.4 Å². The third-order valence-corrected chi connectivity index (χ3v) is 6.69. The molecule has 5 nitrogen and oxygen atoms in total. The van der Waals surface area contributed by atoms with Gasteiger partial charge in [-0.05, 0) is 64.9 Å². The Kier molecular flexibility index (Phi) is 6.60. The molecule has 0 saturated carbocycles. The fourth-order valence-electron chi connectivity index (χ4n) is 3.06. The van der Waals surface area contributed by atoms with Crippen molar-refractivity contribution in [1.82, 2.24) is 0 Å². The Hall–Kier alpha value is -1.38. The van der Waals surface area contributed by atoms with Gasteiger partial charge >= 0.3 is 5.97 Å². The second-order valence-electron chi connectivity index (χ2n) is 6.46. The highest BCUT2D eigenvalue weighted by Crippen LogP contribution is 2.40. The van der Waals surface area contributed by atoms with E-state index in [1.54, 1.807) is 6.07 Å². The van der Waals surface area contributed by atoms with Crippen LogP contribution in [0.3, 0.4) is 0 Å². The topological polar surface area (TPSA) is 64.6 Å². The van der Waals surface area contributed by atoms with Gasteiger partial charge in [-0.15, -0.1) is 11.3 Å². The molecule has 8 heteroatoms. The minimum Gasteiger partial charge on any atom is -0.483 e. The van der Waals surface area contributed by atoms with Crippen molar-refractivity contribution in [3.63, 3.8) is 0 Å². The summed E-state index contributed by atoms with van der Waals surface area (Å²) in [6.07, 6.45) is 2.78. The van der Waals surface area contributed by atoms with Gasteiger partial charge in [0.1, 0.15) is 10.8 Å². The van der Waals surface area contributed by atoms with Crippen LogP contribution in [-0.2, 0) is 22.4 Å². The summed E-state index contributed by atoms with van der Waals surface area (Å²) in [5, 5.41) is 3.37. The molecule has 3 rings (SSSR count). The Balaban J connectivity index is 1.74. The summed E-state index contributed by atoms with van der Waals surface area (Å²) >= 11 is 8.24. The highest BCUT2D eigenvalue weighted by Gasteiger charge is 2.28. The van der Waals surface area contributed by atoms with Crippen LogP contribution in [0, 0.1) is 5.92 Å². The number of hydrogen-bond donors (Lipinski definition) is 1. The number of ether oxygens (including phenoxy) is 2. The number of esters is 1. The van der Waals surface area contributed by atoms with E-state index < -0.39 is 5.97 Å². The molecule has 2 aromatic rings. The summed E-state index contributed by atoms with van der Waals surface area (Å²) < 4.78 is 12.2. The van der Waals surface area contributed by atoms with Gasteiger partial charge < -0.3 is 14.8 Å². The quantitative estimate of drug-likeness (QED) is 0.554. The number of nitrogens with one attached hydrogen (secondary N) is 1. The lowest BCUT2D eigenvalue weighted by Gasteiger charge is -2.18. The summed E-state index contributed by atoms with van der Waals surface area (Å²) in [5.41, 5.74) is 1.50. The van der Waals surface area contributed by atoms with E-state index >= 15 is 0 Å². The van der Waals surface area contributed by atoms with Crippen LogP contribution in [0.4, 0.5) is 5.00 Å². The minimum atomic E-state index is -0.408. The molecule has 0 saturated heterocycles. The SMILES string of the molecule is COC(=O)c1c(NC(=O)COc2ccc(Br)cc2Br)sc2c1CC[C@@H](C)C2. The third-order valence-electron chi connectivity index (χ3n) is 4.41. The van der Waals surface area contributed by atoms with Crippen molar-refractivity contribution in [3.8, 4) is 5.75 Å². The molecule has 1 aromatic carbocycles. The van der Waals surface area contributed by atoms with Gasteiger partial charge in [0.2, 0.25) is 0 Å². The molecule has 0 fully saturated rings. The lowest BCUT2D eigenvalue weighted by molar-refractivity contribution is -0.118. The number of rotatable bonds is 5. The monoisotopic (exact) mass is 515 g/mol. The van der Waals surface area contributed by atoms with Crippen molar-refractivity contribution in [2.75, 3.05) is 19.0 Å². The standard InChI is InChI=1S/C19H19Br2NO4S/c1-10-3-5-12-15(7-10)27-18(17(12)19(24)25-2)22-16(23)9-26-14-6-4-11(20)8-13(14)21/h4,6,8,10H,3,5,7,9H2,1-2H3,(H,22,23)/t10-/m1/s1. The zero-order chi connectivity index (χ0) is 19.6. The van der Waals surface area contributed by atoms with Gasteiger partial charge in [-0.1, -0.05) is 22.9 Å². The second-order valence-corrected chi connectivity index (χ2v) is 9.33. The normalized spacial score (nSPS) is 15.8. The molecule has 0 radical (unpaired) electrons. The number of carbonyl (C=O) groups excluding carboxylic acids is 2. The van der Waals surface area contributed by atoms with E-state index in [4.69, 9.17) is 9.47 Å². The number of anilines is 1. The highest BCUT2D eigenvalue weighted by molar-refractivity contribution is 9.11. The first-order valence-electron chi connectivity index (χ1n) is 8.49. The first-order chi connectivity index (χ1) is 12.9. The molecular weight excluding hydrogens is 498 g/mol. The van der Waals surface area contributed by atoms with Crippen LogP contribution in [0.5, 0.6) is 5.75 Å². The van der Waals surface area contributed by atoms with Gasteiger partial charge in [0, 0.05) is 9.35 Å². The van der Waals surface area contributed by atoms with Gasteiger partial charge in [-0.25, -0.2) is 4.79 Å². The van der Waals surface area contributed by atoms with Crippen molar-refractivity contribution in [3.05, 3.63) is 43.1 Å². The maximum absolute atomic E-state index is 12.4. The van der Waals surface area contributed by atoms with E-state index in [0.29, 0.717) is 22.2 Å². The zero-order valence-corrected chi connectivity index (χ0v) is 18.9. The van der Waals surface area contributed by atoms with Crippen LogP contribution < -0.4 is 10.1 Å². The van der Waals surface area contributed by atoms with Crippen molar-refractivity contribution >= 4 is 60.1 Å². The van der Waals surface area contributed by atoms with Crippen molar-refractivity contribution in [2.45, 2.75) is 26.2 Å². The Morgan fingerprint density at radius 1 is 1.33 bits per heavy atom. The Bertz CT molecular complexity index is 881. The molecule has 1 aliphatic carbocycles. The van der Waals surface area contributed by atoms with Crippen molar-refractivity contribution < 1.29 is 19.1 Å². The fraction of sp³-hybridized carbons (Fsp3) is 0.368. The predicted octanol–water partition coefficient (Wildman–Crippen LogP) is 5.20. The number of amides is 1. The highest BCUT2D eigenvalue weighted by atomic mass is 79.9. The maximum atomic E-state index is 12.4. The van der Waals surface area contributed by atoms with E-state index in [9.17, 15) is 9.59 Å². The van der Waals surface area contributed by atoms with Gasteiger partial charge in [-0.3, -0.25) is 4.79 Å². The van der Waals surface area contributed by atoms with Crippen LogP contribution in [0.1, 0.15) is 34.1 Å². The largest absolute Gasteiger partial charge is 0.483 e. The summed E-state index contributed by atoms with van der Waals surface area (Å²) in [6.45, 7) is 2.04. The lowest BCUT2D eigenvalue weighted by atomic mass is 9.88. The van der Waals surface area contributed by atoms with Crippen LogP contribution in [-0.4, -0.2) is 25.6 Å². The van der Waals surface area contributed by atoms with Crippen molar-refractivity contribution in [2.24, 2.45) is 5.92 Å². The third kappa shape index (κ3) is 4.73. The van der Waals surface area contributed by atoms with Crippen LogP contribution >= 0.6 is 43.2 Å². The number of thiophene rings is 1. The molecule has 0 spiro atoms. The molecule has 0 aliphatic heterocycles. The molecule has 1 atom stereocenters. The molecule has 0 bridgehead atoms. The van der Waals surface area contributed by atoms with Gasteiger partial charge in [0.05, 0.1) is 17.1 Å². The summed E-state index contributed by atoms with van der Waals surface area (Å²) in [5.74, 6) is 0.416. The van der Waals surface area contributed by atoms with E-state index in [0.717, 1.165) is 38.6 Å². The molecule has 1 aromatic heterocycles. The first-order valence-corrected chi connectivity index (χ1v) is 10.9. The second kappa shape index (κ2) is 8.75. The van der Waals surface area contributed by atoms with Gasteiger partial charge in [0.25, 0.3) is 5.91 Å². The van der Waals surface area contributed by atoms with Gasteiger partial charge in [0.15, 0.2) is 6.61 Å².